The molecular formula is C12H21NO5. The molecule has 0 aromatic heterocycles. The van der Waals surface area contributed by atoms with Gasteiger partial charge in [0.1, 0.15) is 6.04 Å². The molecule has 0 radical (unpaired) electrons. The van der Waals surface area contributed by atoms with Crippen molar-refractivity contribution >= 4 is 12.1 Å². The van der Waals surface area contributed by atoms with Crippen LogP contribution in [-0.4, -0.2) is 54.5 Å². The van der Waals surface area contributed by atoms with Gasteiger partial charge >= 0.3 is 12.1 Å². The van der Waals surface area contributed by atoms with Crippen LogP contribution in [0.5, 0.6) is 0 Å². The van der Waals surface area contributed by atoms with E-state index in [1.165, 1.54) is 14.2 Å². The average Bonchev–Trinajstić information content (AvgIpc) is 2.26. The maximum Gasteiger partial charge on any atom is 0.409 e. The molecular weight excluding hydrogens is 238 g/mol. The van der Waals surface area contributed by atoms with Crippen LogP contribution in [0.2, 0.25) is 0 Å². The Labute approximate surface area is 107 Å². The van der Waals surface area contributed by atoms with E-state index in [1.807, 2.05) is 13.8 Å². The number of carbonyl (C=O) groups is 2. The highest BCUT2D eigenvalue weighted by atomic mass is 16.5. The fourth-order valence-corrected chi connectivity index (χ4v) is 2.49. The van der Waals surface area contributed by atoms with Crippen LogP contribution in [-0.2, 0) is 14.3 Å². The number of nitrogens with zero attached hydrogens (tertiary/aromatic N) is 1. The molecule has 18 heavy (non-hydrogen) atoms. The van der Waals surface area contributed by atoms with Crippen LogP contribution in [0.3, 0.4) is 0 Å². The molecule has 0 saturated carbocycles. The van der Waals surface area contributed by atoms with Gasteiger partial charge in [-0.15, -0.1) is 0 Å². The molecule has 1 aliphatic heterocycles. The summed E-state index contributed by atoms with van der Waals surface area (Å²) in [5, 5.41) is 9.32. The first kappa shape index (κ1) is 14.8. The number of hydrogen-bond acceptors (Lipinski definition) is 4. The SMILES string of the molecule is COC(=O)N(C)C(C(=O)O)C1CCOC(C)(C)C1. The molecule has 1 rings (SSSR count). The second-order valence-corrected chi connectivity index (χ2v) is 5.23. The lowest BCUT2D eigenvalue weighted by atomic mass is 9.83. The number of likely N-dealkylation sites (N-methyl/N-ethyl adjacent to an activating group) is 1. The number of amides is 1. The number of aliphatic carboxylic acids is 1. The summed E-state index contributed by atoms with van der Waals surface area (Å²) in [6.07, 6.45) is 0.597. The molecule has 104 valence electrons. The first-order valence-corrected chi connectivity index (χ1v) is 5.96. The van der Waals surface area contributed by atoms with Gasteiger partial charge in [0.2, 0.25) is 0 Å². The van der Waals surface area contributed by atoms with Gasteiger partial charge in [-0.3, -0.25) is 4.90 Å². The van der Waals surface area contributed by atoms with Crippen LogP contribution in [0.1, 0.15) is 26.7 Å². The smallest absolute Gasteiger partial charge is 0.409 e. The van der Waals surface area contributed by atoms with E-state index >= 15 is 0 Å². The van der Waals surface area contributed by atoms with Crippen molar-refractivity contribution in [2.45, 2.75) is 38.3 Å². The third kappa shape index (κ3) is 3.35. The number of hydrogen-bond donors (Lipinski definition) is 1. The standard InChI is InChI=1S/C12H21NO5/c1-12(2)7-8(5-6-18-12)9(10(14)15)13(3)11(16)17-4/h8-9H,5-7H2,1-4H3,(H,14,15). The second-order valence-electron chi connectivity index (χ2n) is 5.23. The highest BCUT2D eigenvalue weighted by Crippen LogP contribution is 2.32. The first-order chi connectivity index (χ1) is 8.28. The number of ether oxygens (including phenoxy) is 2. The van der Waals surface area contributed by atoms with Crippen molar-refractivity contribution in [3.63, 3.8) is 0 Å². The molecule has 6 nitrogen and oxygen atoms in total. The van der Waals surface area contributed by atoms with E-state index in [4.69, 9.17) is 4.74 Å². The van der Waals surface area contributed by atoms with Crippen LogP contribution >= 0.6 is 0 Å². The summed E-state index contributed by atoms with van der Waals surface area (Å²) < 4.78 is 10.1. The minimum absolute atomic E-state index is 0.129. The van der Waals surface area contributed by atoms with Gasteiger partial charge in [0.05, 0.1) is 12.7 Å². The zero-order valence-corrected chi connectivity index (χ0v) is 11.3. The Balaban J connectivity index is 2.85. The van der Waals surface area contributed by atoms with Crippen molar-refractivity contribution in [3.05, 3.63) is 0 Å². The van der Waals surface area contributed by atoms with E-state index < -0.39 is 18.1 Å². The molecule has 6 heteroatoms. The number of carbonyl (C=O) groups excluding carboxylic acids is 1. The normalized spacial score (nSPS) is 24.1. The van der Waals surface area contributed by atoms with Crippen LogP contribution in [0.4, 0.5) is 4.79 Å². The van der Waals surface area contributed by atoms with Crippen LogP contribution < -0.4 is 0 Å². The molecule has 0 aromatic rings. The summed E-state index contributed by atoms with van der Waals surface area (Å²) >= 11 is 0. The molecule has 1 N–H and O–H groups in total. The van der Waals surface area contributed by atoms with Crippen molar-refractivity contribution in [1.29, 1.82) is 0 Å². The highest BCUT2D eigenvalue weighted by molar-refractivity contribution is 5.80. The summed E-state index contributed by atoms with van der Waals surface area (Å²) in [6, 6.07) is -0.874. The van der Waals surface area contributed by atoms with E-state index in [0.29, 0.717) is 19.4 Å². The summed E-state index contributed by atoms with van der Waals surface area (Å²) in [5.74, 6) is -1.14. The van der Waals surface area contributed by atoms with E-state index in [-0.39, 0.29) is 11.5 Å². The lowest BCUT2D eigenvalue weighted by Gasteiger charge is -2.40. The molecule has 1 aliphatic rings. The largest absolute Gasteiger partial charge is 0.480 e. The Bertz CT molecular complexity index is 328. The fourth-order valence-electron chi connectivity index (χ4n) is 2.49. The molecule has 1 fully saturated rings. The summed E-state index contributed by atoms with van der Waals surface area (Å²) in [6.45, 7) is 4.36. The minimum Gasteiger partial charge on any atom is -0.480 e. The van der Waals surface area contributed by atoms with Crippen molar-refractivity contribution in [2.75, 3.05) is 20.8 Å². The molecule has 1 heterocycles. The number of rotatable bonds is 3. The fraction of sp³-hybridized carbons (Fsp3) is 0.833. The lowest BCUT2D eigenvalue weighted by Crippen LogP contribution is -2.51. The zero-order chi connectivity index (χ0) is 13.9. The Kier molecular flexibility index (Phi) is 4.56. The number of carboxylic acid groups (broad SMARTS) is 1. The first-order valence-electron chi connectivity index (χ1n) is 5.96. The average molecular weight is 259 g/mol. The van der Waals surface area contributed by atoms with Crippen molar-refractivity contribution in [1.82, 2.24) is 4.90 Å². The van der Waals surface area contributed by atoms with E-state index in [1.54, 1.807) is 0 Å². The number of carboxylic acids is 1. The van der Waals surface area contributed by atoms with Gasteiger partial charge in [-0.2, -0.15) is 0 Å². The van der Waals surface area contributed by atoms with Crippen molar-refractivity contribution in [2.24, 2.45) is 5.92 Å². The molecule has 0 spiro atoms. The third-order valence-corrected chi connectivity index (χ3v) is 3.31. The van der Waals surface area contributed by atoms with Gasteiger partial charge < -0.3 is 14.6 Å². The zero-order valence-electron chi connectivity index (χ0n) is 11.3. The van der Waals surface area contributed by atoms with Crippen LogP contribution in [0.25, 0.3) is 0 Å². The topological polar surface area (TPSA) is 76.1 Å². The maximum atomic E-state index is 11.5. The lowest BCUT2D eigenvalue weighted by molar-refractivity contribution is -0.148. The molecule has 0 aliphatic carbocycles. The van der Waals surface area contributed by atoms with Gasteiger partial charge in [-0.05, 0) is 32.6 Å². The van der Waals surface area contributed by atoms with Gasteiger partial charge in [-0.25, -0.2) is 9.59 Å². The van der Waals surface area contributed by atoms with Gasteiger partial charge in [0.15, 0.2) is 0 Å². The Morgan fingerprint density at radius 3 is 2.56 bits per heavy atom. The molecule has 1 amide bonds. The summed E-state index contributed by atoms with van der Waals surface area (Å²) in [5.41, 5.74) is -0.354. The maximum absolute atomic E-state index is 11.5. The van der Waals surface area contributed by atoms with Crippen LogP contribution in [0, 0.1) is 5.92 Å². The van der Waals surface area contributed by atoms with E-state index in [9.17, 15) is 14.7 Å². The second kappa shape index (κ2) is 5.56. The number of methoxy groups -OCH3 is 1. The predicted molar refractivity (Wildman–Crippen MR) is 64.3 cm³/mol. The van der Waals surface area contributed by atoms with E-state index in [2.05, 4.69) is 4.74 Å². The Hall–Kier alpha value is -1.30. The predicted octanol–water partition coefficient (Wildman–Crippen LogP) is 1.34. The molecule has 2 unspecified atom stereocenters. The van der Waals surface area contributed by atoms with Crippen molar-refractivity contribution in [3.8, 4) is 0 Å². The summed E-state index contributed by atoms with van der Waals surface area (Å²) in [7, 11) is 2.69. The van der Waals surface area contributed by atoms with Crippen LogP contribution in [0.15, 0.2) is 0 Å². The van der Waals surface area contributed by atoms with E-state index in [0.717, 1.165) is 4.90 Å². The van der Waals surface area contributed by atoms with Gasteiger partial charge in [0.25, 0.3) is 0 Å². The quantitative estimate of drug-likeness (QED) is 0.827. The van der Waals surface area contributed by atoms with Gasteiger partial charge in [0, 0.05) is 13.7 Å². The monoisotopic (exact) mass is 259 g/mol. The molecule has 2 atom stereocenters. The molecule has 0 bridgehead atoms. The Morgan fingerprint density at radius 1 is 1.50 bits per heavy atom. The minimum atomic E-state index is -1.01. The summed E-state index contributed by atoms with van der Waals surface area (Å²) in [4.78, 5) is 24.0. The molecule has 0 aromatic carbocycles. The third-order valence-electron chi connectivity index (χ3n) is 3.31. The molecule has 1 saturated heterocycles. The van der Waals surface area contributed by atoms with Gasteiger partial charge in [-0.1, -0.05) is 0 Å². The van der Waals surface area contributed by atoms with Crippen molar-refractivity contribution < 1.29 is 24.2 Å². The highest BCUT2D eigenvalue weighted by Gasteiger charge is 2.40. The Morgan fingerprint density at radius 2 is 2.11 bits per heavy atom.